The Morgan fingerprint density at radius 2 is 1.70 bits per heavy atom. The van der Waals surface area contributed by atoms with Crippen molar-refractivity contribution < 1.29 is 24.5 Å². The second kappa shape index (κ2) is 15.8. The van der Waals surface area contributed by atoms with E-state index >= 15 is 0 Å². The van der Waals surface area contributed by atoms with Crippen molar-refractivity contribution in [3.05, 3.63) is 23.2 Å². The van der Waals surface area contributed by atoms with Crippen molar-refractivity contribution in [2.45, 2.75) is 86.8 Å². The molecule has 2 aromatic rings. The number of unbranched alkanes of at least 4 members (excludes halogenated alkanes) is 8. The molecule has 0 saturated carbocycles. The number of nitrogens with one attached hydrogen (secondary N) is 1. The van der Waals surface area contributed by atoms with E-state index in [0.717, 1.165) is 19.3 Å². The fraction of sp³-hybridized carbons (Fsp3) is 0.593. The summed E-state index contributed by atoms with van der Waals surface area (Å²) in [6.45, 7) is 4.53. The van der Waals surface area contributed by atoms with Crippen LogP contribution in [0.25, 0.3) is 0 Å². The fourth-order valence-electron chi connectivity index (χ4n) is 4.14. The number of phenols is 2. The van der Waals surface area contributed by atoms with Gasteiger partial charge in [0.15, 0.2) is 4.34 Å². The van der Waals surface area contributed by atoms with Gasteiger partial charge in [0, 0.05) is 31.0 Å². The summed E-state index contributed by atoms with van der Waals surface area (Å²) in [7, 11) is 0. The summed E-state index contributed by atoms with van der Waals surface area (Å²) in [6, 6.07) is 2.79. The zero-order chi connectivity index (χ0) is 26.5. The molecule has 0 unspecified atom stereocenters. The number of benzene rings is 1. The zero-order valence-corrected chi connectivity index (χ0v) is 23.3. The van der Waals surface area contributed by atoms with Crippen molar-refractivity contribution >= 4 is 40.6 Å². The number of amides is 2. The molecule has 3 rings (SSSR count). The van der Waals surface area contributed by atoms with Crippen LogP contribution in [0.4, 0.5) is 5.69 Å². The maximum absolute atomic E-state index is 12.4. The lowest BCUT2D eigenvalue weighted by molar-refractivity contribution is -0.134. The average Bonchev–Trinajstić information content (AvgIpc) is 3.33. The number of rotatable bonds is 15. The SMILES string of the molecule is CCCCCCCCCCCC(=O)Nc1cc(O)c(Sc2nc(CC(=O)N3CCOCC3)cs2)cc1O. The van der Waals surface area contributed by atoms with Gasteiger partial charge in [-0.15, -0.1) is 11.3 Å². The monoisotopic (exact) mass is 549 g/mol. The molecule has 0 aliphatic carbocycles. The van der Waals surface area contributed by atoms with Gasteiger partial charge in [0.1, 0.15) is 11.5 Å². The molecule has 0 atom stereocenters. The van der Waals surface area contributed by atoms with E-state index in [-0.39, 0.29) is 35.4 Å². The third kappa shape index (κ3) is 10.2. The predicted molar refractivity (Wildman–Crippen MR) is 148 cm³/mol. The fourth-order valence-corrected chi connectivity index (χ4v) is 5.97. The Bertz CT molecular complexity index is 1010. The van der Waals surface area contributed by atoms with Gasteiger partial charge in [-0.1, -0.05) is 70.1 Å². The van der Waals surface area contributed by atoms with Crippen LogP contribution in [0.5, 0.6) is 11.5 Å². The second-order valence-electron chi connectivity index (χ2n) is 9.34. The Morgan fingerprint density at radius 1 is 1.03 bits per heavy atom. The minimum atomic E-state index is -0.174. The average molecular weight is 550 g/mol. The van der Waals surface area contributed by atoms with E-state index in [4.69, 9.17) is 4.74 Å². The van der Waals surface area contributed by atoms with E-state index < -0.39 is 0 Å². The van der Waals surface area contributed by atoms with E-state index in [1.54, 1.807) is 4.90 Å². The highest BCUT2D eigenvalue weighted by Crippen LogP contribution is 2.41. The molecule has 2 heterocycles. The quantitative estimate of drug-likeness (QED) is 0.143. The molecule has 0 bridgehead atoms. The first kappa shape index (κ1) is 29.3. The first-order valence-corrected chi connectivity index (χ1v) is 15.0. The molecule has 3 N–H and O–H groups in total. The van der Waals surface area contributed by atoms with Gasteiger partial charge in [-0.25, -0.2) is 4.98 Å². The molecular formula is C27H39N3O5S2. The van der Waals surface area contributed by atoms with Gasteiger partial charge in [0.25, 0.3) is 0 Å². The van der Waals surface area contributed by atoms with Gasteiger partial charge >= 0.3 is 0 Å². The summed E-state index contributed by atoms with van der Waals surface area (Å²) < 4.78 is 5.94. The van der Waals surface area contributed by atoms with Crippen LogP contribution in [0, 0.1) is 0 Å². The Labute approximate surface area is 227 Å². The third-order valence-electron chi connectivity index (χ3n) is 6.28. The highest BCUT2D eigenvalue weighted by molar-refractivity contribution is 8.01. The highest BCUT2D eigenvalue weighted by Gasteiger charge is 2.19. The lowest BCUT2D eigenvalue weighted by Gasteiger charge is -2.26. The molecule has 10 heteroatoms. The number of carbonyl (C=O) groups is 2. The number of hydrogen-bond donors (Lipinski definition) is 3. The van der Waals surface area contributed by atoms with Gasteiger partial charge in [-0.2, -0.15) is 0 Å². The lowest BCUT2D eigenvalue weighted by Crippen LogP contribution is -2.41. The van der Waals surface area contributed by atoms with E-state index in [9.17, 15) is 19.8 Å². The molecule has 37 heavy (non-hydrogen) atoms. The Balaban J connectivity index is 1.42. The third-order valence-corrected chi connectivity index (χ3v) is 8.32. The molecule has 1 aromatic carbocycles. The number of morpholine rings is 1. The van der Waals surface area contributed by atoms with Crippen LogP contribution in [-0.2, 0) is 20.7 Å². The Hall–Kier alpha value is -2.30. The minimum absolute atomic E-state index is 0.0214. The van der Waals surface area contributed by atoms with Crippen molar-refractivity contribution in [3.8, 4) is 11.5 Å². The van der Waals surface area contributed by atoms with Gasteiger partial charge in [-0.3, -0.25) is 9.59 Å². The number of phenolic OH excluding ortho intramolecular Hbond substituents is 2. The molecule has 2 amide bonds. The minimum Gasteiger partial charge on any atom is -0.507 e. The number of aromatic nitrogens is 1. The zero-order valence-electron chi connectivity index (χ0n) is 21.7. The number of nitrogens with zero attached hydrogens (tertiary/aromatic N) is 2. The summed E-state index contributed by atoms with van der Waals surface area (Å²) >= 11 is 2.58. The van der Waals surface area contributed by atoms with Crippen LogP contribution in [0.3, 0.4) is 0 Å². The summed E-state index contributed by atoms with van der Waals surface area (Å²) in [4.78, 5) is 31.4. The summed E-state index contributed by atoms with van der Waals surface area (Å²) in [5.41, 5.74) is 0.867. The normalized spacial score (nSPS) is 13.6. The summed E-state index contributed by atoms with van der Waals surface area (Å²) in [5, 5.41) is 25.4. The van der Waals surface area contributed by atoms with Crippen LogP contribution in [0.2, 0.25) is 0 Å². The molecule has 1 aromatic heterocycles. The van der Waals surface area contributed by atoms with Gasteiger partial charge in [-0.05, 0) is 12.5 Å². The van der Waals surface area contributed by atoms with E-state index in [2.05, 4.69) is 17.2 Å². The number of thiazole rings is 1. The van der Waals surface area contributed by atoms with E-state index in [1.807, 2.05) is 5.38 Å². The second-order valence-corrected chi connectivity index (χ2v) is 11.5. The van der Waals surface area contributed by atoms with Crippen molar-refractivity contribution in [3.63, 3.8) is 0 Å². The molecule has 8 nitrogen and oxygen atoms in total. The Morgan fingerprint density at radius 3 is 2.41 bits per heavy atom. The Kier molecular flexibility index (Phi) is 12.5. The van der Waals surface area contributed by atoms with Crippen LogP contribution >= 0.6 is 23.1 Å². The van der Waals surface area contributed by atoms with E-state index in [0.29, 0.717) is 47.7 Å². The number of ether oxygens (including phenoxy) is 1. The van der Waals surface area contributed by atoms with Gasteiger partial charge in [0.2, 0.25) is 11.8 Å². The molecule has 0 radical (unpaired) electrons. The summed E-state index contributed by atoms with van der Waals surface area (Å²) in [6.07, 6.45) is 11.2. The smallest absolute Gasteiger partial charge is 0.228 e. The maximum atomic E-state index is 12.4. The van der Waals surface area contributed by atoms with Gasteiger partial charge < -0.3 is 25.2 Å². The van der Waals surface area contributed by atoms with Crippen molar-refractivity contribution in [2.75, 3.05) is 31.6 Å². The van der Waals surface area contributed by atoms with Crippen molar-refractivity contribution in [1.82, 2.24) is 9.88 Å². The van der Waals surface area contributed by atoms with Crippen LogP contribution in [0.15, 0.2) is 26.7 Å². The number of hydrogen-bond acceptors (Lipinski definition) is 8. The molecule has 1 fully saturated rings. The summed E-state index contributed by atoms with van der Waals surface area (Å²) in [5.74, 6) is -0.317. The van der Waals surface area contributed by atoms with Crippen molar-refractivity contribution in [1.29, 1.82) is 0 Å². The van der Waals surface area contributed by atoms with Crippen LogP contribution < -0.4 is 5.32 Å². The maximum Gasteiger partial charge on any atom is 0.228 e. The molecule has 0 spiro atoms. The predicted octanol–water partition coefficient (Wildman–Crippen LogP) is 5.97. The topological polar surface area (TPSA) is 112 Å². The molecule has 1 saturated heterocycles. The van der Waals surface area contributed by atoms with Crippen molar-refractivity contribution in [2.24, 2.45) is 0 Å². The molecule has 1 aliphatic rings. The highest BCUT2D eigenvalue weighted by atomic mass is 32.2. The first-order chi connectivity index (χ1) is 18.0. The lowest BCUT2D eigenvalue weighted by atomic mass is 10.1. The van der Waals surface area contributed by atoms with Crippen LogP contribution in [-0.4, -0.2) is 58.2 Å². The number of anilines is 1. The largest absolute Gasteiger partial charge is 0.507 e. The van der Waals surface area contributed by atoms with Gasteiger partial charge in [0.05, 0.1) is 35.9 Å². The first-order valence-electron chi connectivity index (χ1n) is 13.3. The number of aromatic hydroxyl groups is 2. The van der Waals surface area contributed by atoms with Crippen LogP contribution in [0.1, 0.15) is 76.8 Å². The molecule has 204 valence electrons. The number of carbonyl (C=O) groups excluding carboxylic acids is 2. The standard InChI is InChI=1S/C27H39N3O5S2/c1-2-3-4-5-6-7-8-9-10-11-25(33)29-21-17-23(32)24(18-22(21)31)37-27-28-20(19-36-27)16-26(34)30-12-14-35-15-13-30/h17-19,31-32H,2-16H2,1H3,(H,29,33). The molecule has 1 aliphatic heterocycles. The molecular weight excluding hydrogens is 510 g/mol. The van der Waals surface area contributed by atoms with E-state index in [1.165, 1.54) is 73.8 Å².